The maximum atomic E-state index is 13.0. The Bertz CT molecular complexity index is 1790. The van der Waals surface area contributed by atoms with E-state index in [1.165, 1.54) is 24.3 Å². The third kappa shape index (κ3) is 10.7. The van der Waals surface area contributed by atoms with Crippen molar-refractivity contribution in [2.75, 3.05) is 6.61 Å². The van der Waals surface area contributed by atoms with Crippen molar-refractivity contribution in [3.05, 3.63) is 95.7 Å². The van der Waals surface area contributed by atoms with E-state index < -0.39 is 29.7 Å². The van der Waals surface area contributed by atoms with Gasteiger partial charge in [-0.3, -0.25) is 0 Å². The fraction of sp³-hybridized carbons (Fsp3) is 0.303. The molecule has 0 unspecified atom stereocenters. The van der Waals surface area contributed by atoms with Crippen LogP contribution in [-0.4, -0.2) is 29.5 Å². The van der Waals surface area contributed by atoms with E-state index >= 15 is 0 Å². The van der Waals surface area contributed by atoms with Crippen LogP contribution < -0.4 is 9.47 Å². The Morgan fingerprint density at radius 2 is 1.60 bits per heavy atom. The van der Waals surface area contributed by atoms with Crippen molar-refractivity contribution in [2.45, 2.75) is 59.7 Å². The highest BCUT2D eigenvalue weighted by Crippen LogP contribution is 2.36. The molecule has 14 heteroatoms. The number of ether oxygens (including phenoxy) is 3. The molecule has 4 rings (SSSR count). The first-order valence-electron chi connectivity index (χ1n) is 13.8. The molecule has 0 aliphatic carbocycles. The minimum atomic E-state index is -4.65. The van der Waals surface area contributed by atoms with Crippen LogP contribution in [0.4, 0.5) is 26.3 Å². The van der Waals surface area contributed by atoms with Gasteiger partial charge in [-0.25, -0.2) is 4.79 Å². The summed E-state index contributed by atoms with van der Waals surface area (Å²) in [5, 5.41) is 1.17. The van der Waals surface area contributed by atoms with E-state index in [0.29, 0.717) is 19.7 Å². The number of nitrogens with one attached hydrogen (secondary N) is 1. The second kappa shape index (κ2) is 15.0. The van der Waals surface area contributed by atoms with Gasteiger partial charge in [-0.1, -0.05) is 29.3 Å². The van der Waals surface area contributed by atoms with E-state index in [-0.39, 0.29) is 28.7 Å². The van der Waals surface area contributed by atoms with Crippen molar-refractivity contribution in [2.24, 2.45) is 0 Å². The molecular formula is C33H30Cl2F6INO4. The normalized spacial score (nSPS) is 12.2. The number of halogens is 9. The number of aromatic amines is 1. The van der Waals surface area contributed by atoms with Crippen LogP contribution in [0.1, 0.15) is 58.9 Å². The molecule has 0 aliphatic rings. The lowest BCUT2D eigenvalue weighted by atomic mass is 10.1. The lowest BCUT2D eigenvalue weighted by Crippen LogP contribution is -2.24. The number of aryl methyl sites for hydroxylation is 3. The second-order valence-electron chi connectivity index (χ2n) is 11.3. The highest BCUT2D eigenvalue weighted by molar-refractivity contribution is 14.1. The van der Waals surface area contributed by atoms with Crippen LogP contribution in [0.5, 0.6) is 11.5 Å². The van der Waals surface area contributed by atoms with Gasteiger partial charge < -0.3 is 19.2 Å². The van der Waals surface area contributed by atoms with Crippen LogP contribution >= 0.6 is 45.8 Å². The molecule has 0 saturated heterocycles. The molecule has 0 aliphatic heterocycles. The third-order valence-electron chi connectivity index (χ3n) is 6.31. The van der Waals surface area contributed by atoms with E-state index in [2.05, 4.69) is 9.72 Å². The first-order chi connectivity index (χ1) is 21.6. The number of hydrogen-bond donors (Lipinski definition) is 1. The van der Waals surface area contributed by atoms with Crippen LogP contribution in [0.3, 0.4) is 0 Å². The Kier molecular flexibility index (Phi) is 12.2. The number of alkyl halides is 6. The Morgan fingerprint density at radius 3 is 2.19 bits per heavy atom. The fourth-order valence-electron chi connectivity index (χ4n) is 4.23. The van der Waals surface area contributed by atoms with Crippen molar-refractivity contribution in [3.8, 4) is 11.5 Å². The van der Waals surface area contributed by atoms with Crippen molar-refractivity contribution >= 4 is 68.7 Å². The summed E-state index contributed by atoms with van der Waals surface area (Å²) in [4.78, 5) is 15.4. The van der Waals surface area contributed by atoms with E-state index in [0.717, 1.165) is 34.2 Å². The number of carbonyl (C=O) groups excluding carboxylic acids is 1. The molecule has 0 atom stereocenters. The molecule has 254 valence electrons. The van der Waals surface area contributed by atoms with Crippen LogP contribution in [0.25, 0.3) is 17.0 Å². The number of fused-ring (bicyclic) bond motifs is 1. The van der Waals surface area contributed by atoms with Crippen molar-refractivity contribution in [3.63, 3.8) is 0 Å². The monoisotopic (exact) mass is 815 g/mol. The van der Waals surface area contributed by atoms with Gasteiger partial charge in [0.1, 0.15) is 23.7 Å². The van der Waals surface area contributed by atoms with Crippen LogP contribution in [0, 0.1) is 24.3 Å². The van der Waals surface area contributed by atoms with Gasteiger partial charge >= 0.3 is 18.5 Å². The quantitative estimate of drug-likeness (QED) is 0.120. The van der Waals surface area contributed by atoms with Gasteiger partial charge in [0.2, 0.25) is 0 Å². The Labute approximate surface area is 291 Å². The molecular weight excluding hydrogens is 786 g/mol. The van der Waals surface area contributed by atoms with E-state index in [1.54, 1.807) is 53.0 Å². The third-order valence-corrected chi connectivity index (χ3v) is 8.43. The summed E-state index contributed by atoms with van der Waals surface area (Å²) < 4.78 is 90.7. The van der Waals surface area contributed by atoms with E-state index in [9.17, 15) is 31.1 Å². The molecule has 47 heavy (non-hydrogen) atoms. The molecule has 0 radical (unpaired) electrons. The van der Waals surface area contributed by atoms with Gasteiger partial charge in [0.05, 0.1) is 19.7 Å². The molecule has 1 N–H and O–H groups in total. The van der Waals surface area contributed by atoms with Crippen LogP contribution in [-0.2, 0) is 10.9 Å². The number of hydrogen-bond acceptors (Lipinski definition) is 4. The maximum absolute atomic E-state index is 13.0. The lowest BCUT2D eigenvalue weighted by Gasteiger charge is -2.20. The topological polar surface area (TPSA) is 60.5 Å². The van der Waals surface area contributed by atoms with Gasteiger partial charge in [0.25, 0.3) is 0 Å². The number of carbonyl (C=O) groups is 1. The average Bonchev–Trinajstić information content (AvgIpc) is 3.29. The van der Waals surface area contributed by atoms with Crippen molar-refractivity contribution in [1.29, 1.82) is 0 Å². The number of rotatable bonds is 6. The minimum absolute atomic E-state index is 0.0277. The zero-order valence-corrected chi connectivity index (χ0v) is 29.6. The van der Waals surface area contributed by atoms with E-state index in [1.807, 2.05) is 29.5 Å². The smallest absolute Gasteiger partial charge is 0.488 e. The summed E-state index contributed by atoms with van der Waals surface area (Å²) in [6.07, 6.45) is -4.25. The Morgan fingerprint density at radius 1 is 0.936 bits per heavy atom. The molecule has 0 spiro atoms. The molecule has 1 aromatic heterocycles. The molecule has 3 aromatic carbocycles. The molecule has 0 fully saturated rings. The molecule has 4 aromatic rings. The predicted octanol–water partition coefficient (Wildman–Crippen LogP) is 11.7. The SMILES string of the molecule is Cc1c[nH]c2c(C)cc(OC(F)(F)F)cc12.Cc1cc(C(F)(F)F)cc(OC/C=C/c2c(Cl)ccc(C(=O)OC(C)(C)C)c2Cl)c1I. The molecule has 0 amide bonds. The second-order valence-corrected chi connectivity index (χ2v) is 13.2. The van der Waals surface area contributed by atoms with Gasteiger partial charge in [-0.15, -0.1) is 13.2 Å². The van der Waals surface area contributed by atoms with Crippen LogP contribution in [0.15, 0.2) is 48.7 Å². The summed E-state index contributed by atoms with van der Waals surface area (Å²) in [6.45, 7) is 10.3. The highest BCUT2D eigenvalue weighted by Gasteiger charge is 2.32. The van der Waals surface area contributed by atoms with Gasteiger partial charge in [-0.05, 0) is 123 Å². The molecule has 0 saturated carbocycles. The molecule has 1 heterocycles. The average molecular weight is 816 g/mol. The first-order valence-corrected chi connectivity index (χ1v) is 15.6. The number of esters is 1. The van der Waals surface area contributed by atoms with Crippen molar-refractivity contribution in [1.82, 2.24) is 4.98 Å². The summed E-state index contributed by atoms with van der Waals surface area (Å²) in [5.41, 5.74) is 1.99. The summed E-state index contributed by atoms with van der Waals surface area (Å²) in [7, 11) is 0. The van der Waals surface area contributed by atoms with E-state index in [4.69, 9.17) is 32.7 Å². The minimum Gasteiger partial charge on any atom is -0.488 e. The van der Waals surface area contributed by atoms with Gasteiger partial charge in [-0.2, -0.15) is 13.2 Å². The summed E-state index contributed by atoms with van der Waals surface area (Å²) >= 11 is 14.5. The Balaban J connectivity index is 0.000000312. The zero-order chi connectivity index (χ0) is 35.5. The number of aromatic nitrogens is 1. The zero-order valence-electron chi connectivity index (χ0n) is 25.9. The number of H-pyrrole nitrogens is 1. The molecule has 5 nitrogen and oxygen atoms in total. The molecule has 0 bridgehead atoms. The number of benzene rings is 3. The summed E-state index contributed by atoms with van der Waals surface area (Å²) in [6, 6.07) is 7.79. The van der Waals surface area contributed by atoms with Crippen LogP contribution in [0.2, 0.25) is 10.0 Å². The predicted molar refractivity (Wildman–Crippen MR) is 180 cm³/mol. The largest absolute Gasteiger partial charge is 0.573 e. The lowest BCUT2D eigenvalue weighted by molar-refractivity contribution is -0.274. The van der Waals surface area contributed by atoms with Gasteiger partial charge in [0, 0.05) is 27.7 Å². The maximum Gasteiger partial charge on any atom is 0.573 e. The fourth-order valence-corrected chi connectivity index (χ4v) is 5.27. The first kappa shape index (κ1) is 38.3. The van der Waals surface area contributed by atoms with Crippen molar-refractivity contribution < 1.29 is 45.3 Å². The highest BCUT2D eigenvalue weighted by atomic mass is 127. The Hall–Kier alpha value is -3.10. The summed E-state index contributed by atoms with van der Waals surface area (Å²) in [5.74, 6) is -0.647. The van der Waals surface area contributed by atoms with Gasteiger partial charge in [0.15, 0.2) is 0 Å². The standard InChI is InChI=1S/C22H20Cl2F3IO3.C11H10F3NO/c1-12-10-13(22(25,26)27)11-17(19(12)28)30-9-5-6-14-16(23)8-7-15(18(14)24)20(29)31-21(2,3)4;1-6-3-8(16-11(12,13)14)4-9-7(2)5-15-10(6)9/h5-8,10-11H,9H2,1-4H3;3-5,15H,1-2H3/b6-5+;.